The van der Waals surface area contributed by atoms with E-state index in [1.807, 2.05) is 34.9 Å². The van der Waals surface area contributed by atoms with Gasteiger partial charge in [0, 0.05) is 43.4 Å². The monoisotopic (exact) mass is 705 g/mol. The molecule has 2 amide bonds. The molecule has 0 unspecified atom stereocenters. The molecule has 10 nitrogen and oxygen atoms in total. The number of ether oxygens (including phenoxy) is 1. The smallest absolute Gasteiger partial charge is 0.409 e. The number of piperidine rings is 1. The number of imidazole rings is 1. The maximum atomic E-state index is 14.6. The first-order valence-electron chi connectivity index (χ1n) is 17.1. The van der Waals surface area contributed by atoms with E-state index in [0.717, 1.165) is 32.5 Å². The van der Waals surface area contributed by atoms with E-state index in [2.05, 4.69) is 44.9 Å². The fraction of sp³-hybridized carbons (Fsp3) is 0.256. The van der Waals surface area contributed by atoms with Crippen LogP contribution in [-0.4, -0.2) is 61.1 Å². The minimum atomic E-state index is -3.02. The number of amides is 2. The van der Waals surface area contributed by atoms with Crippen LogP contribution in [0.2, 0.25) is 0 Å². The third kappa shape index (κ3) is 5.85. The van der Waals surface area contributed by atoms with Gasteiger partial charge in [-0.15, -0.1) is 5.10 Å². The maximum Gasteiger partial charge on any atom is 0.409 e. The quantitative estimate of drug-likeness (QED) is 0.180. The highest BCUT2D eigenvalue weighted by Gasteiger charge is 2.34. The van der Waals surface area contributed by atoms with Crippen molar-refractivity contribution in [2.24, 2.45) is 7.05 Å². The van der Waals surface area contributed by atoms with E-state index in [9.17, 15) is 22.8 Å². The van der Waals surface area contributed by atoms with Gasteiger partial charge in [-0.25, -0.2) is 27.6 Å². The number of aromatic nitrogens is 5. The van der Waals surface area contributed by atoms with Crippen molar-refractivity contribution in [3.63, 3.8) is 0 Å². The Morgan fingerprint density at radius 2 is 1.63 bits per heavy atom. The maximum absolute atomic E-state index is 14.6. The number of anilines is 1. The molecule has 0 radical (unpaired) electrons. The van der Waals surface area contributed by atoms with E-state index in [0.29, 0.717) is 41.0 Å². The highest BCUT2D eigenvalue weighted by Crippen LogP contribution is 2.44. The SMILES string of the molecule is Cc1ccc(-c2nc3cc(F)ccc3n2C)cc1NC(=O)c1nnn(C2CCN(C(=O)OCC3c4ccccc4-c4ccccc43)CC2)c1C(F)F. The highest BCUT2D eigenvalue weighted by atomic mass is 19.3. The molecule has 1 aliphatic carbocycles. The third-order valence-electron chi connectivity index (χ3n) is 10.1. The summed E-state index contributed by atoms with van der Waals surface area (Å²) in [6, 6.07) is 25.3. The zero-order valence-corrected chi connectivity index (χ0v) is 28.4. The van der Waals surface area contributed by atoms with Crippen molar-refractivity contribution in [1.29, 1.82) is 0 Å². The van der Waals surface area contributed by atoms with Crippen LogP contribution < -0.4 is 5.32 Å². The van der Waals surface area contributed by atoms with Gasteiger partial charge in [0.05, 0.1) is 17.1 Å². The Balaban J connectivity index is 0.939. The van der Waals surface area contributed by atoms with E-state index < -0.39 is 41.7 Å². The first-order chi connectivity index (χ1) is 25.2. The Bertz CT molecular complexity index is 2300. The Morgan fingerprint density at radius 1 is 0.942 bits per heavy atom. The highest BCUT2D eigenvalue weighted by molar-refractivity contribution is 6.04. The summed E-state index contributed by atoms with van der Waals surface area (Å²) in [5, 5.41) is 10.6. The fourth-order valence-electron chi connectivity index (χ4n) is 7.42. The summed E-state index contributed by atoms with van der Waals surface area (Å²) in [7, 11) is 1.80. The number of nitrogens with zero attached hydrogens (tertiary/aromatic N) is 6. The minimum Gasteiger partial charge on any atom is -0.448 e. The molecule has 1 saturated heterocycles. The summed E-state index contributed by atoms with van der Waals surface area (Å²) >= 11 is 0. The average Bonchev–Trinajstić information content (AvgIpc) is 3.84. The molecule has 8 rings (SSSR count). The minimum absolute atomic E-state index is 0.0747. The normalized spacial score (nSPS) is 14.5. The molecule has 6 aromatic rings. The van der Waals surface area contributed by atoms with Crippen LogP contribution in [0.15, 0.2) is 84.9 Å². The van der Waals surface area contributed by atoms with Crippen molar-refractivity contribution in [3.05, 3.63) is 119 Å². The van der Waals surface area contributed by atoms with E-state index in [1.165, 1.54) is 12.1 Å². The lowest BCUT2D eigenvalue weighted by molar-refractivity contribution is 0.0817. The lowest BCUT2D eigenvalue weighted by atomic mass is 9.98. The van der Waals surface area contributed by atoms with E-state index in [-0.39, 0.29) is 25.6 Å². The molecule has 1 N–H and O–H groups in total. The Morgan fingerprint density at radius 3 is 2.33 bits per heavy atom. The number of benzene rings is 4. The molecule has 264 valence electrons. The van der Waals surface area contributed by atoms with Gasteiger partial charge >= 0.3 is 6.09 Å². The number of carbonyl (C=O) groups is 2. The third-order valence-corrected chi connectivity index (χ3v) is 10.1. The lowest BCUT2D eigenvalue weighted by Crippen LogP contribution is -2.40. The van der Waals surface area contributed by atoms with Crippen LogP contribution >= 0.6 is 0 Å². The number of hydrogen-bond donors (Lipinski definition) is 1. The molecule has 52 heavy (non-hydrogen) atoms. The Kier molecular flexibility index (Phi) is 8.48. The molecule has 1 aliphatic heterocycles. The number of rotatable bonds is 7. The van der Waals surface area contributed by atoms with Gasteiger partial charge in [-0.05, 0) is 65.8 Å². The number of aryl methyl sites for hydroxylation is 2. The second kappa shape index (κ2) is 13.3. The summed E-state index contributed by atoms with van der Waals surface area (Å²) in [6.45, 7) is 2.50. The van der Waals surface area contributed by atoms with E-state index in [1.54, 1.807) is 37.1 Å². The molecule has 0 bridgehead atoms. The van der Waals surface area contributed by atoms with Crippen molar-refractivity contribution >= 4 is 28.7 Å². The van der Waals surface area contributed by atoms with Crippen LogP contribution in [0.1, 0.15) is 64.1 Å². The van der Waals surface area contributed by atoms with Crippen LogP contribution in [0.25, 0.3) is 33.5 Å². The predicted octanol–water partition coefficient (Wildman–Crippen LogP) is 8.06. The number of likely N-dealkylation sites (tertiary alicyclic amines) is 1. The standard InChI is InChI=1S/C39H34F3N7O3/c1-22-11-12-23(37-43-32-20-24(40)13-14-33(32)47(37)2)19-31(22)44-38(50)34-35(36(41)42)49(46-45-34)25-15-17-48(18-16-25)39(51)52-21-30-28-9-5-3-7-26(28)27-8-4-6-10-29(27)30/h3-14,19-20,25,30,36H,15-18,21H2,1-2H3,(H,44,50). The molecule has 0 atom stereocenters. The largest absolute Gasteiger partial charge is 0.448 e. The number of hydrogen-bond acceptors (Lipinski definition) is 6. The van der Waals surface area contributed by atoms with Crippen LogP contribution in [-0.2, 0) is 11.8 Å². The number of fused-ring (bicyclic) bond motifs is 4. The summed E-state index contributed by atoms with van der Waals surface area (Å²) in [5.41, 5.74) is 6.36. The van der Waals surface area contributed by atoms with E-state index in [4.69, 9.17) is 4.74 Å². The number of alkyl halides is 2. The zero-order valence-electron chi connectivity index (χ0n) is 28.4. The second-order valence-electron chi connectivity index (χ2n) is 13.2. The molecule has 1 fully saturated rings. The van der Waals surface area contributed by atoms with Crippen molar-refractivity contribution in [2.75, 3.05) is 25.0 Å². The number of halogens is 3. The van der Waals surface area contributed by atoms with Crippen molar-refractivity contribution < 1.29 is 27.5 Å². The first-order valence-corrected chi connectivity index (χ1v) is 17.1. The average molecular weight is 706 g/mol. The molecule has 13 heteroatoms. The fourth-order valence-corrected chi connectivity index (χ4v) is 7.42. The lowest BCUT2D eigenvalue weighted by Gasteiger charge is -2.32. The van der Waals surface area contributed by atoms with Gasteiger partial charge < -0.3 is 19.5 Å². The molecule has 0 saturated carbocycles. The molecule has 0 spiro atoms. The summed E-state index contributed by atoms with van der Waals surface area (Å²) < 4.78 is 51.7. The molecule has 2 aliphatic rings. The molecule has 4 aromatic carbocycles. The van der Waals surface area contributed by atoms with Crippen molar-refractivity contribution in [3.8, 4) is 22.5 Å². The van der Waals surface area contributed by atoms with Crippen LogP contribution in [0.3, 0.4) is 0 Å². The summed E-state index contributed by atoms with van der Waals surface area (Å²) in [5.74, 6) is -0.767. The van der Waals surface area contributed by atoms with Gasteiger partial charge in [-0.2, -0.15) is 0 Å². The van der Waals surface area contributed by atoms with Gasteiger partial charge in [0.15, 0.2) is 5.69 Å². The van der Waals surface area contributed by atoms with Crippen molar-refractivity contribution in [1.82, 2.24) is 29.4 Å². The topological polar surface area (TPSA) is 107 Å². The Hall–Kier alpha value is -5.98. The molecule has 3 heterocycles. The van der Waals surface area contributed by atoms with Gasteiger partial charge in [-0.1, -0.05) is 65.9 Å². The van der Waals surface area contributed by atoms with Gasteiger partial charge in [0.2, 0.25) is 0 Å². The zero-order chi connectivity index (χ0) is 36.1. The summed E-state index contributed by atoms with van der Waals surface area (Å²) in [4.78, 5) is 32.8. The van der Waals surface area contributed by atoms with Crippen LogP contribution in [0.5, 0.6) is 0 Å². The van der Waals surface area contributed by atoms with Crippen LogP contribution in [0, 0.1) is 12.7 Å². The summed E-state index contributed by atoms with van der Waals surface area (Å²) in [6.07, 6.45) is -2.82. The number of carbonyl (C=O) groups excluding carboxylic acids is 2. The van der Waals surface area contributed by atoms with Gasteiger partial charge in [0.25, 0.3) is 12.3 Å². The van der Waals surface area contributed by atoms with Gasteiger partial charge in [-0.3, -0.25) is 4.79 Å². The predicted molar refractivity (Wildman–Crippen MR) is 189 cm³/mol. The molecular formula is C39H34F3N7O3. The van der Waals surface area contributed by atoms with Crippen LogP contribution in [0.4, 0.5) is 23.7 Å². The second-order valence-corrected chi connectivity index (χ2v) is 13.2. The Labute approximate surface area is 296 Å². The first kappa shape index (κ1) is 33.2. The molecular weight excluding hydrogens is 671 g/mol. The van der Waals surface area contributed by atoms with Crippen molar-refractivity contribution in [2.45, 2.75) is 38.2 Å². The number of nitrogens with one attached hydrogen (secondary N) is 1. The van der Waals surface area contributed by atoms with E-state index >= 15 is 0 Å². The van der Waals surface area contributed by atoms with Gasteiger partial charge in [0.1, 0.15) is 23.9 Å². The molecule has 2 aromatic heterocycles.